The molecule has 0 fully saturated rings. The minimum Gasteiger partial charge on any atom is -0.497 e. The molecule has 0 saturated heterocycles. The predicted molar refractivity (Wildman–Crippen MR) is 124 cm³/mol. The number of nitrogens with one attached hydrogen (secondary N) is 1. The average Bonchev–Trinajstić information content (AvgIpc) is 3.24. The van der Waals surface area contributed by atoms with Crippen molar-refractivity contribution in [1.29, 1.82) is 0 Å². The molecule has 6 heteroatoms. The molecule has 4 rings (SSSR count). The number of benzene rings is 3. The zero-order valence-electron chi connectivity index (χ0n) is 17.3. The van der Waals surface area contributed by atoms with Gasteiger partial charge in [0, 0.05) is 16.8 Å². The Morgan fingerprint density at radius 2 is 1.68 bits per heavy atom. The summed E-state index contributed by atoms with van der Waals surface area (Å²) in [7, 11) is 1.62. The number of methoxy groups -OCH3 is 1. The molecule has 156 valence electrons. The van der Waals surface area contributed by atoms with E-state index in [1.807, 2.05) is 85.8 Å². The van der Waals surface area contributed by atoms with Gasteiger partial charge < -0.3 is 14.5 Å². The van der Waals surface area contributed by atoms with Gasteiger partial charge in [0.05, 0.1) is 12.9 Å². The molecule has 0 aliphatic heterocycles. The Hall–Kier alpha value is -3.51. The Kier molecular flexibility index (Phi) is 6.38. The summed E-state index contributed by atoms with van der Waals surface area (Å²) in [5, 5.41) is 3.39. The van der Waals surface area contributed by atoms with Crippen LogP contribution in [0, 0.1) is 6.92 Å². The number of nitrogens with zero attached hydrogens (tertiary/aromatic N) is 1. The lowest BCUT2D eigenvalue weighted by atomic mass is 10.1. The number of amides is 1. The normalized spacial score (nSPS) is 10.6. The number of ether oxygens (including phenoxy) is 1. The summed E-state index contributed by atoms with van der Waals surface area (Å²) in [5.74, 6) is 1.51. The Labute approximate surface area is 185 Å². The molecule has 5 nitrogen and oxygen atoms in total. The first kappa shape index (κ1) is 20.8. The van der Waals surface area contributed by atoms with Crippen LogP contribution in [0.5, 0.6) is 5.75 Å². The summed E-state index contributed by atoms with van der Waals surface area (Å²) >= 11 is 1.27. The number of carbonyl (C=O) groups is 1. The van der Waals surface area contributed by atoms with Crippen molar-refractivity contribution in [3.05, 3.63) is 84.4 Å². The third-order valence-corrected chi connectivity index (χ3v) is 5.55. The Balaban J connectivity index is 1.51. The first-order valence-corrected chi connectivity index (χ1v) is 10.8. The van der Waals surface area contributed by atoms with E-state index < -0.39 is 0 Å². The Bertz CT molecular complexity index is 1120. The van der Waals surface area contributed by atoms with Crippen LogP contribution < -0.4 is 10.1 Å². The van der Waals surface area contributed by atoms with Gasteiger partial charge in [0.25, 0.3) is 5.22 Å². The van der Waals surface area contributed by atoms with Crippen molar-refractivity contribution in [3.63, 3.8) is 0 Å². The molecule has 0 aliphatic rings. The number of hydrogen-bond donors (Lipinski definition) is 1. The number of thioether (sulfide) groups is 1. The zero-order valence-corrected chi connectivity index (χ0v) is 18.1. The van der Waals surface area contributed by atoms with Crippen molar-refractivity contribution in [2.24, 2.45) is 0 Å². The molecular weight excluding hydrogens is 408 g/mol. The van der Waals surface area contributed by atoms with Gasteiger partial charge in [0.1, 0.15) is 11.4 Å². The van der Waals surface area contributed by atoms with Crippen molar-refractivity contribution >= 4 is 23.4 Å². The molecule has 0 radical (unpaired) electrons. The highest BCUT2D eigenvalue weighted by Crippen LogP contribution is 2.35. The van der Waals surface area contributed by atoms with E-state index in [4.69, 9.17) is 9.15 Å². The van der Waals surface area contributed by atoms with Crippen LogP contribution in [0.4, 0.5) is 5.69 Å². The van der Waals surface area contributed by atoms with Gasteiger partial charge in [0.2, 0.25) is 5.91 Å². The van der Waals surface area contributed by atoms with Crippen LogP contribution in [0.25, 0.3) is 22.6 Å². The van der Waals surface area contributed by atoms with Crippen LogP contribution in [0.15, 0.2) is 88.5 Å². The van der Waals surface area contributed by atoms with Crippen LogP contribution in [-0.2, 0) is 4.79 Å². The number of hydrogen-bond acceptors (Lipinski definition) is 5. The van der Waals surface area contributed by atoms with Crippen molar-refractivity contribution in [2.75, 3.05) is 18.2 Å². The largest absolute Gasteiger partial charge is 0.497 e. The summed E-state index contributed by atoms with van der Waals surface area (Å²) in [4.78, 5) is 17.2. The highest BCUT2D eigenvalue weighted by Gasteiger charge is 2.18. The Morgan fingerprint density at radius 1 is 1.00 bits per heavy atom. The molecule has 1 amide bonds. The lowest BCUT2D eigenvalue weighted by molar-refractivity contribution is -0.113. The van der Waals surface area contributed by atoms with E-state index in [0.29, 0.717) is 11.0 Å². The van der Waals surface area contributed by atoms with Crippen LogP contribution in [0.3, 0.4) is 0 Å². The fraction of sp³-hybridized carbons (Fsp3) is 0.120. The standard InChI is InChI=1S/C25H22N2O3S/c1-17-15-20(29-2)13-14-21(17)26-22(28)16-31-25-27-23(18-9-5-3-6-10-18)24(30-25)19-11-7-4-8-12-19/h3-15H,16H2,1-2H3,(H,26,28). The van der Waals surface area contributed by atoms with E-state index in [9.17, 15) is 4.79 Å². The molecule has 0 bridgehead atoms. The van der Waals surface area contributed by atoms with Crippen molar-refractivity contribution in [1.82, 2.24) is 4.98 Å². The topological polar surface area (TPSA) is 64.4 Å². The second-order valence-electron chi connectivity index (χ2n) is 6.91. The average molecular weight is 431 g/mol. The fourth-order valence-corrected chi connectivity index (χ4v) is 3.78. The van der Waals surface area contributed by atoms with Gasteiger partial charge in [-0.3, -0.25) is 4.79 Å². The van der Waals surface area contributed by atoms with Crippen molar-refractivity contribution in [2.45, 2.75) is 12.1 Å². The van der Waals surface area contributed by atoms with E-state index in [0.717, 1.165) is 33.8 Å². The SMILES string of the molecule is COc1ccc(NC(=O)CSc2nc(-c3ccccc3)c(-c3ccccc3)o2)c(C)c1. The maximum Gasteiger partial charge on any atom is 0.257 e. The van der Waals surface area contributed by atoms with Gasteiger partial charge in [-0.15, -0.1) is 0 Å². The number of aryl methyl sites for hydroxylation is 1. The summed E-state index contributed by atoms with van der Waals surface area (Å²) in [5.41, 5.74) is 4.37. The van der Waals surface area contributed by atoms with Crippen LogP contribution >= 0.6 is 11.8 Å². The second-order valence-corrected chi connectivity index (χ2v) is 7.83. The van der Waals surface area contributed by atoms with E-state index in [2.05, 4.69) is 10.3 Å². The summed E-state index contributed by atoms with van der Waals surface area (Å²) in [6, 6.07) is 25.3. The Morgan fingerprint density at radius 3 is 2.32 bits per heavy atom. The number of oxazole rings is 1. The fourth-order valence-electron chi connectivity index (χ4n) is 3.16. The molecule has 3 aromatic carbocycles. The zero-order chi connectivity index (χ0) is 21.6. The first-order chi connectivity index (χ1) is 15.1. The highest BCUT2D eigenvalue weighted by molar-refractivity contribution is 7.99. The molecule has 4 aromatic rings. The van der Waals surface area contributed by atoms with Crippen LogP contribution in [-0.4, -0.2) is 23.8 Å². The summed E-state index contributed by atoms with van der Waals surface area (Å²) in [6.07, 6.45) is 0. The molecule has 1 heterocycles. The van der Waals surface area contributed by atoms with Gasteiger partial charge in [-0.25, -0.2) is 4.98 Å². The van der Waals surface area contributed by atoms with Gasteiger partial charge in [0.15, 0.2) is 5.76 Å². The quantitative estimate of drug-likeness (QED) is 0.361. The monoisotopic (exact) mass is 430 g/mol. The first-order valence-electron chi connectivity index (χ1n) is 9.83. The maximum atomic E-state index is 12.5. The van der Waals surface area contributed by atoms with Gasteiger partial charge >= 0.3 is 0 Å². The van der Waals surface area contributed by atoms with Crippen molar-refractivity contribution < 1.29 is 13.9 Å². The molecule has 0 atom stereocenters. The smallest absolute Gasteiger partial charge is 0.257 e. The number of rotatable bonds is 7. The van der Waals surface area contributed by atoms with Crippen molar-refractivity contribution in [3.8, 4) is 28.3 Å². The number of aromatic nitrogens is 1. The van der Waals surface area contributed by atoms with E-state index >= 15 is 0 Å². The van der Waals surface area contributed by atoms with Gasteiger partial charge in [-0.05, 0) is 30.7 Å². The van der Waals surface area contributed by atoms with Crippen LogP contribution in [0.2, 0.25) is 0 Å². The molecule has 0 spiro atoms. The number of carbonyl (C=O) groups excluding carboxylic acids is 1. The molecule has 0 unspecified atom stereocenters. The molecule has 1 N–H and O–H groups in total. The maximum absolute atomic E-state index is 12.5. The minimum absolute atomic E-state index is 0.126. The molecule has 1 aromatic heterocycles. The predicted octanol–water partition coefficient (Wildman–Crippen LogP) is 6.06. The molecule has 31 heavy (non-hydrogen) atoms. The molecular formula is C25H22N2O3S. The van der Waals surface area contributed by atoms with E-state index in [1.54, 1.807) is 7.11 Å². The van der Waals surface area contributed by atoms with Gasteiger partial charge in [-0.1, -0.05) is 72.4 Å². The number of anilines is 1. The lowest BCUT2D eigenvalue weighted by Gasteiger charge is -2.09. The molecule has 0 aliphatic carbocycles. The third kappa shape index (κ3) is 4.98. The van der Waals surface area contributed by atoms with Gasteiger partial charge in [-0.2, -0.15) is 0 Å². The minimum atomic E-state index is -0.126. The van der Waals surface area contributed by atoms with E-state index in [1.165, 1.54) is 11.8 Å². The van der Waals surface area contributed by atoms with E-state index in [-0.39, 0.29) is 11.7 Å². The highest BCUT2D eigenvalue weighted by atomic mass is 32.2. The summed E-state index contributed by atoms with van der Waals surface area (Å²) in [6.45, 7) is 1.93. The van der Waals surface area contributed by atoms with Crippen LogP contribution in [0.1, 0.15) is 5.56 Å². The second kappa shape index (κ2) is 9.53. The third-order valence-electron chi connectivity index (χ3n) is 4.73. The lowest BCUT2D eigenvalue weighted by Crippen LogP contribution is -2.14. The summed E-state index contributed by atoms with van der Waals surface area (Å²) < 4.78 is 11.3. The molecule has 0 saturated carbocycles.